The van der Waals surface area contributed by atoms with Crippen molar-refractivity contribution in [1.29, 1.82) is 0 Å². The molecule has 2 aromatic rings. The fourth-order valence-electron chi connectivity index (χ4n) is 1.70. The molecule has 1 heterocycles. The second-order valence-electron chi connectivity index (χ2n) is 4.29. The van der Waals surface area contributed by atoms with E-state index in [1.165, 1.54) is 0 Å². The van der Waals surface area contributed by atoms with Crippen molar-refractivity contribution in [2.45, 2.75) is 6.92 Å². The lowest BCUT2D eigenvalue weighted by Crippen LogP contribution is -2.15. The molecule has 0 bridgehead atoms. The molecule has 4 nitrogen and oxygen atoms in total. The van der Waals surface area contributed by atoms with Gasteiger partial charge >= 0.3 is 0 Å². The molecule has 0 aliphatic heterocycles. The van der Waals surface area contributed by atoms with Gasteiger partial charge in [0.1, 0.15) is 0 Å². The molecule has 4 N–H and O–H groups in total. The Bertz CT molecular complexity index is 513. The smallest absolute Gasteiger partial charge is 0.0630 e. The monoisotopic (exact) mass is 231 g/mol. The summed E-state index contributed by atoms with van der Waals surface area (Å²) in [6.07, 6.45) is 3.53. The molecule has 1 unspecified atom stereocenters. The maximum Gasteiger partial charge on any atom is 0.0630 e. The standard InChI is InChI=1S/C13H17N3O/c1-9(8-17)6-16-12-3-2-10-7-15-5-4-11(10)13(12)14/h2-5,7,9,16-17H,6,8,14H2,1H3. The lowest BCUT2D eigenvalue weighted by Gasteiger charge is -2.14. The number of benzene rings is 1. The molecule has 1 aromatic heterocycles. The highest BCUT2D eigenvalue weighted by Gasteiger charge is 2.05. The molecule has 2 rings (SSSR count). The molecule has 1 atom stereocenters. The van der Waals surface area contributed by atoms with E-state index in [1.807, 2.05) is 25.1 Å². The van der Waals surface area contributed by atoms with Crippen LogP contribution in [-0.4, -0.2) is 23.2 Å². The van der Waals surface area contributed by atoms with Crippen molar-refractivity contribution in [2.75, 3.05) is 24.2 Å². The minimum Gasteiger partial charge on any atom is -0.397 e. The van der Waals surface area contributed by atoms with Gasteiger partial charge in [-0.25, -0.2) is 0 Å². The van der Waals surface area contributed by atoms with Gasteiger partial charge in [-0.05, 0) is 18.1 Å². The van der Waals surface area contributed by atoms with Crippen LogP contribution in [0.2, 0.25) is 0 Å². The molecule has 17 heavy (non-hydrogen) atoms. The van der Waals surface area contributed by atoms with Crippen molar-refractivity contribution in [2.24, 2.45) is 5.92 Å². The third-order valence-corrected chi connectivity index (χ3v) is 2.81. The minimum atomic E-state index is 0.171. The average molecular weight is 231 g/mol. The molecule has 0 spiro atoms. The van der Waals surface area contributed by atoms with Crippen molar-refractivity contribution < 1.29 is 5.11 Å². The summed E-state index contributed by atoms with van der Waals surface area (Å²) in [4.78, 5) is 4.06. The highest BCUT2D eigenvalue weighted by Crippen LogP contribution is 2.27. The van der Waals surface area contributed by atoms with Crippen LogP contribution in [0.15, 0.2) is 30.6 Å². The molecular formula is C13H17N3O. The summed E-state index contributed by atoms with van der Waals surface area (Å²) in [6, 6.07) is 5.85. The number of aromatic nitrogens is 1. The van der Waals surface area contributed by atoms with Gasteiger partial charge in [0, 0.05) is 36.3 Å². The molecule has 0 aliphatic carbocycles. The van der Waals surface area contributed by atoms with Gasteiger partial charge in [-0.3, -0.25) is 4.98 Å². The maximum absolute atomic E-state index is 8.97. The third-order valence-electron chi connectivity index (χ3n) is 2.81. The highest BCUT2D eigenvalue weighted by atomic mass is 16.3. The van der Waals surface area contributed by atoms with Crippen LogP contribution in [0.5, 0.6) is 0 Å². The van der Waals surface area contributed by atoms with Crippen LogP contribution < -0.4 is 11.1 Å². The summed E-state index contributed by atoms with van der Waals surface area (Å²) in [7, 11) is 0. The summed E-state index contributed by atoms with van der Waals surface area (Å²) in [5.41, 5.74) is 7.73. The number of nitrogens with one attached hydrogen (secondary N) is 1. The van der Waals surface area contributed by atoms with E-state index in [0.717, 1.165) is 22.1 Å². The Morgan fingerprint density at radius 2 is 2.24 bits per heavy atom. The second kappa shape index (κ2) is 5.01. The van der Waals surface area contributed by atoms with Crippen LogP contribution in [0.25, 0.3) is 10.8 Å². The normalized spacial score (nSPS) is 12.6. The number of rotatable bonds is 4. The zero-order valence-electron chi connectivity index (χ0n) is 9.85. The van der Waals surface area contributed by atoms with Crippen molar-refractivity contribution >= 4 is 22.1 Å². The van der Waals surface area contributed by atoms with Gasteiger partial charge in [-0.2, -0.15) is 0 Å². The third kappa shape index (κ3) is 2.47. The first kappa shape index (κ1) is 11.7. The molecule has 0 radical (unpaired) electrons. The van der Waals surface area contributed by atoms with Crippen LogP contribution in [0.4, 0.5) is 11.4 Å². The van der Waals surface area contributed by atoms with E-state index in [0.29, 0.717) is 6.54 Å². The molecular weight excluding hydrogens is 214 g/mol. The lowest BCUT2D eigenvalue weighted by atomic mass is 10.1. The van der Waals surface area contributed by atoms with Crippen molar-refractivity contribution in [3.05, 3.63) is 30.6 Å². The van der Waals surface area contributed by atoms with Gasteiger partial charge in [0.15, 0.2) is 0 Å². The summed E-state index contributed by atoms with van der Waals surface area (Å²) in [5.74, 6) is 0.211. The van der Waals surface area contributed by atoms with Crippen molar-refractivity contribution in [1.82, 2.24) is 4.98 Å². The van der Waals surface area contributed by atoms with E-state index in [4.69, 9.17) is 10.8 Å². The van der Waals surface area contributed by atoms with Crippen LogP contribution in [-0.2, 0) is 0 Å². The van der Waals surface area contributed by atoms with Crippen molar-refractivity contribution in [3.63, 3.8) is 0 Å². The fraction of sp³-hybridized carbons (Fsp3) is 0.308. The van der Waals surface area contributed by atoms with Crippen LogP contribution in [0.1, 0.15) is 6.92 Å². The Hall–Kier alpha value is -1.81. The number of hydrogen-bond donors (Lipinski definition) is 3. The van der Waals surface area contributed by atoms with E-state index < -0.39 is 0 Å². The number of hydrogen-bond acceptors (Lipinski definition) is 4. The van der Waals surface area contributed by atoms with Gasteiger partial charge in [-0.15, -0.1) is 0 Å². The average Bonchev–Trinajstić information content (AvgIpc) is 2.38. The predicted octanol–water partition coefficient (Wildman–Crippen LogP) is 1.86. The van der Waals surface area contributed by atoms with Gasteiger partial charge in [-0.1, -0.05) is 13.0 Å². The van der Waals surface area contributed by atoms with Crippen LogP contribution in [0.3, 0.4) is 0 Å². The van der Waals surface area contributed by atoms with Gasteiger partial charge < -0.3 is 16.2 Å². The molecule has 90 valence electrons. The predicted molar refractivity (Wildman–Crippen MR) is 70.9 cm³/mol. The topological polar surface area (TPSA) is 71.2 Å². The molecule has 0 fully saturated rings. The molecule has 0 amide bonds. The van der Waals surface area contributed by atoms with Gasteiger partial charge in [0.05, 0.1) is 11.4 Å². The summed E-state index contributed by atoms with van der Waals surface area (Å²) < 4.78 is 0. The number of pyridine rings is 1. The van der Waals surface area contributed by atoms with Crippen LogP contribution >= 0.6 is 0 Å². The van der Waals surface area contributed by atoms with Crippen LogP contribution in [0, 0.1) is 5.92 Å². The largest absolute Gasteiger partial charge is 0.397 e. The quantitative estimate of drug-likeness (QED) is 0.702. The van der Waals surface area contributed by atoms with E-state index in [2.05, 4.69) is 10.3 Å². The van der Waals surface area contributed by atoms with Gasteiger partial charge in [0.25, 0.3) is 0 Å². The lowest BCUT2D eigenvalue weighted by molar-refractivity contribution is 0.244. The SMILES string of the molecule is CC(CO)CNc1ccc2cnccc2c1N. The van der Waals surface area contributed by atoms with E-state index in [1.54, 1.807) is 12.4 Å². The fourth-order valence-corrected chi connectivity index (χ4v) is 1.70. The second-order valence-corrected chi connectivity index (χ2v) is 4.29. The Morgan fingerprint density at radius 1 is 1.41 bits per heavy atom. The highest BCUT2D eigenvalue weighted by molar-refractivity contribution is 5.98. The van der Waals surface area contributed by atoms with Gasteiger partial charge in [0.2, 0.25) is 0 Å². The number of nitrogen functional groups attached to an aromatic ring is 1. The molecule has 0 saturated carbocycles. The summed E-state index contributed by atoms with van der Waals surface area (Å²) in [6.45, 7) is 2.86. The summed E-state index contributed by atoms with van der Waals surface area (Å²) in [5, 5.41) is 14.3. The first-order valence-electron chi connectivity index (χ1n) is 5.69. The Labute approximate surface area is 100 Å². The Balaban J connectivity index is 2.26. The number of anilines is 2. The Kier molecular flexibility index (Phi) is 3.44. The number of aliphatic hydroxyl groups is 1. The minimum absolute atomic E-state index is 0.171. The molecule has 1 aromatic carbocycles. The van der Waals surface area contributed by atoms with E-state index in [9.17, 15) is 0 Å². The number of nitrogens with two attached hydrogens (primary N) is 1. The molecule has 0 aliphatic rings. The first-order chi connectivity index (χ1) is 8.22. The van der Waals surface area contributed by atoms with E-state index >= 15 is 0 Å². The number of fused-ring (bicyclic) bond motifs is 1. The number of nitrogens with zero attached hydrogens (tertiary/aromatic N) is 1. The zero-order valence-corrected chi connectivity index (χ0v) is 9.85. The van der Waals surface area contributed by atoms with E-state index in [-0.39, 0.29) is 12.5 Å². The Morgan fingerprint density at radius 3 is 3.00 bits per heavy atom. The zero-order chi connectivity index (χ0) is 12.3. The van der Waals surface area contributed by atoms with Crippen molar-refractivity contribution in [3.8, 4) is 0 Å². The number of aliphatic hydroxyl groups excluding tert-OH is 1. The maximum atomic E-state index is 8.97. The summed E-state index contributed by atoms with van der Waals surface area (Å²) >= 11 is 0. The molecule has 0 saturated heterocycles. The first-order valence-corrected chi connectivity index (χ1v) is 5.69. The molecule has 4 heteroatoms.